The van der Waals surface area contributed by atoms with E-state index in [0.29, 0.717) is 6.54 Å². The third-order valence-electron chi connectivity index (χ3n) is 2.90. The standard InChI is InChI=1S/C13H18N2O4S/c1-10(9-19-20(3,16)17)8-15-13-6-12(18-2)5-4-11(13)7-14-15/h4-7,10H,8-9H2,1-3H3/t10-/m0/s1. The summed E-state index contributed by atoms with van der Waals surface area (Å²) < 4.78 is 33.8. The average molecular weight is 298 g/mol. The Kier molecular flexibility index (Phi) is 4.29. The van der Waals surface area contributed by atoms with Gasteiger partial charge in [0.1, 0.15) is 5.75 Å². The first-order valence-electron chi connectivity index (χ1n) is 6.23. The Morgan fingerprint density at radius 1 is 1.40 bits per heavy atom. The molecule has 1 aromatic heterocycles. The van der Waals surface area contributed by atoms with Crippen molar-refractivity contribution in [3.8, 4) is 5.75 Å². The van der Waals surface area contributed by atoms with E-state index in [2.05, 4.69) is 5.10 Å². The summed E-state index contributed by atoms with van der Waals surface area (Å²) in [6.07, 6.45) is 2.83. The first-order valence-corrected chi connectivity index (χ1v) is 8.04. The van der Waals surface area contributed by atoms with Crippen LogP contribution >= 0.6 is 0 Å². The third-order valence-corrected chi connectivity index (χ3v) is 3.47. The van der Waals surface area contributed by atoms with Crippen molar-refractivity contribution in [2.24, 2.45) is 5.92 Å². The molecule has 0 aliphatic heterocycles. The molecule has 0 radical (unpaired) electrons. The molecule has 0 aliphatic carbocycles. The number of hydrogen-bond donors (Lipinski definition) is 0. The summed E-state index contributed by atoms with van der Waals surface area (Å²) >= 11 is 0. The summed E-state index contributed by atoms with van der Waals surface area (Å²) in [7, 11) is -1.79. The lowest BCUT2D eigenvalue weighted by molar-refractivity contribution is 0.248. The largest absolute Gasteiger partial charge is 0.497 e. The van der Waals surface area contributed by atoms with Crippen LogP contribution in [0.1, 0.15) is 6.92 Å². The zero-order valence-electron chi connectivity index (χ0n) is 11.7. The van der Waals surface area contributed by atoms with E-state index in [1.54, 1.807) is 13.3 Å². The molecule has 1 heterocycles. The normalized spacial score (nSPS) is 13.6. The van der Waals surface area contributed by atoms with Crippen LogP contribution in [0.5, 0.6) is 5.75 Å². The van der Waals surface area contributed by atoms with Crippen LogP contribution in [-0.2, 0) is 20.8 Å². The van der Waals surface area contributed by atoms with Gasteiger partial charge in [-0.3, -0.25) is 8.86 Å². The molecule has 0 aliphatic rings. The summed E-state index contributed by atoms with van der Waals surface area (Å²) in [5, 5.41) is 5.33. The van der Waals surface area contributed by atoms with E-state index in [-0.39, 0.29) is 12.5 Å². The van der Waals surface area contributed by atoms with Crippen molar-refractivity contribution >= 4 is 21.0 Å². The molecule has 2 aromatic rings. The van der Waals surface area contributed by atoms with Crippen molar-refractivity contribution in [2.75, 3.05) is 20.0 Å². The van der Waals surface area contributed by atoms with Crippen LogP contribution in [0.15, 0.2) is 24.4 Å². The highest BCUT2D eigenvalue weighted by Crippen LogP contribution is 2.21. The molecular weight excluding hydrogens is 280 g/mol. The Labute approximate surface area is 118 Å². The number of methoxy groups -OCH3 is 1. The number of benzene rings is 1. The van der Waals surface area contributed by atoms with Crippen LogP contribution in [0, 0.1) is 5.92 Å². The van der Waals surface area contributed by atoms with Gasteiger partial charge in [-0.05, 0) is 12.1 Å². The summed E-state index contributed by atoms with van der Waals surface area (Å²) in [6, 6.07) is 5.73. The minimum atomic E-state index is -3.40. The summed E-state index contributed by atoms with van der Waals surface area (Å²) in [4.78, 5) is 0. The number of hydrogen-bond acceptors (Lipinski definition) is 5. The lowest BCUT2D eigenvalue weighted by Crippen LogP contribution is -2.16. The minimum Gasteiger partial charge on any atom is -0.497 e. The first-order chi connectivity index (χ1) is 9.39. The quantitative estimate of drug-likeness (QED) is 0.758. The predicted octanol–water partition coefficient (Wildman–Crippen LogP) is 1.66. The van der Waals surface area contributed by atoms with Crippen molar-refractivity contribution in [3.63, 3.8) is 0 Å². The molecule has 0 N–H and O–H groups in total. The average Bonchev–Trinajstić information content (AvgIpc) is 2.78. The lowest BCUT2D eigenvalue weighted by Gasteiger charge is -2.12. The molecule has 0 amide bonds. The van der Waals surface area contributed by atoms with Gasteiger partial charge >= 0.3 is 0 Å². The molecule has 0 bridgehead atoms. The lowest BCUT2D eigenvalue weighted by atomic mass is 10.2. The van der Waals surface area contributed by atoms with Crippen molar-refractivity contribution in [2.45, 2.75) is 13.5 Å². The smallest absolute Gasteiger partial charge is 0.264 e. The highest BCUT2D eigenvalue weighted by atomic mass is 32.2. The van der Waals surface area contributed by atoms with E-state index in [9.17, 15) is 8.42 Å². The van der Waals surface area contributed by atoms with Crippen LogP contribution in [-0.4, -0.2) is 38.2 Å². The Balaban J connectivity index is 2.13. The molecule has 0 saturated heterocycles. The molecule has 1 aromatic carbocycles. The highest BCUT2D eigenvalue weighted by Gasteiger charge is 2.11. The van der Waals surface area contributed by atoms with Gasteiger partial charge in [0.15, 0.2) is 0 Å². The maximum Gasteiger partial charge on any atom is 0.264 e. The summed E-state index contributed by atoms with van der Waals surface area (Å²) in [6.45, 7) is 2.63. The number of ether oxygens (including phenoxy) is 1. The second-order valence-electron chi connectivity index (χ2n) is 4.85. The van der Waals surface area contributed by atoms with E-state index >= 15 is 0 Å². The summed E-state index contributed by atoms with van der Waals surface area (Å²) in [5.74, 6) is 0.790. The number of nitrogens with zero attached hydrogens (tertiary/aromatic N) is 2. The van der Waals surface area contributed by atoms with Gasteiger partial charge in [-0.2, -0.15) is 13.5 Å². The topological polar surface area (TPSA) is 70.4 Å². The molecule has 0 fully saturated rings. The van der Waals surface area contributed by atoms with Gasteiger partial charge in [-0.15, -0.1) is 0 Å². The van der Waals surface area contributed by atoms with Crippen molar-refractivity contribution in [1.82, 2.24) is 9.78 Å². The van der Waals surface area contributed by atoms with E-state index < -0.39 is 10.1 Å². The molecule has 0 spiro atoms. The fraction of sp³-hybridized carbons (Fsp3) is 0.462. The second kappa shape index (κ2) is 5.80. The Morgan fingerprint density at radius 3 is 2.80 bits per heavy atom. The molecule has 0 saturated carbocycles. The predicted molar refractivity (Wildman–Crippen MR) is 76.2 cm³/mol. The van der Waals surface area contributed by atoms with E-state index in [0.717, 1.165) is 22.9 Å². The van der Waals surface area contributed by atoms with Crippen LogP contribution in [0.3, 0.4) is 0 Å². The van der Waals surface area contributed by atoms with Gasteiger partial charge in [0, 0.05) is 23.9 Å². The SMILES string of the molecule is COc1ccc2cnn(C[C@H](C)COS(C)(=O)=O)c2c1. The highest BCUT2D eigenvalue weighted by molar-refractivity contribution is 7.85. The second-order valence-corrected chi connectivity index (χ2v) is 6.49. The monoisotopic (exact) mass is 298 g/mol. The van der Waals surface area contributed by atoms with Crippen molar-refractivity contribution < 1.29 is 17.3 Å². The number of fused-ring (bicyclic) bond motifs is 1. The summed E-state index contributed by atoms with van der Waals surface area (Å²) in [5.41, 5.74) is 0.954. The van der Waals surface area contributed by atoms with Crippen LogP contribution in [0.4, 0.5) is 0 Å². The first kappa shape index (κ1) is 14.8. The number of aromatic nitrogens is 2. The van der Waals surface area contributed by atoms with Crippen LogP contribution in [0.2, 0.25) is 0 Å². The van der Waals surface area contributed by atoms with E-state index in [1.165, 1.54) is 0 Å². The fourth-order valence-electron chi connectivity index (χ4n) is 1.91. The zero-order valence-corrected chi connectivity index (χ0v) is 12.6. The van der Waals surface area contributed by atoms with Gasteiger partial charge in [0.05, 0.1) is 31.7 Å². The van der Waals surface area contributed by atoms with E-state index in [1.807, 2.05) is 29.8 Å². The zero-order chi connectivity index (χ0) is 14.8. The molecule has 110 valence electrons. The third kappa shape index (κ3) is 3.71. The Bertz CT molecular complexity index is 693. The maximum atomic E-state index is 11.0. The minimum absolute atomic E-state index is 0.0269. The molecule has 7 heteroatoms. The molecule has 1 atom stereocenters. The van der Waals surface area contributed by atoms with Crippen molar-refractivity contribution in [1.29, 1.82) is 0 Å². The van der Waals surface area contributed by atoms with Gasteiger partial charge in [-0.1, -0.05) is 6.92 Å². The van der Waals surface area contributed by atoms with Crippen LogP contribution < -0.4 is 4.74 Å². The Hall–Kier alpha value is -1.60. The van der Waals surface area contributed by atoms with Gasteiger partial charge in [0.2, 0.25) is 0 Å². The number of rotatable bonds is 6. The van der Waals surface area contributed by atoms with Crippen LogP contribution in [0.25, 0.3) is 10.9 Å². The molecular formula is C13H18N2O4S. The fourth-order valence-corrected chi connectivity index (χ4v) is 2.39. The van der Waals surface area contributed by atoms with Gasteiger partial charge in [-0.25, -0.2) is 0 Å². The Morgan fingerprint density at radius 2 is 2.15 bits per heavy atom. The van der Waals surface area contributed by atoms with Gasteiger partial charge in [0.25, 0.3) is 10.1 Å². The molecule has 20 heavy (non-hydrogen) atoms. The molecule has 0 unspecified atom stereocenters. The maximum absolute atomic E-state index is 11.0. The molecule has 2 rings (SSSR count). The van der Waals surface area contributed by atoms with Gasteiger partial charge < -0.3 is 4.74 Å². The molecule has 6 nitrogen and oxygen atoms in total. The van der Waals surface area contributed by atoms with E-state index in [4.69, 9.17) is 8.92 Å². The van der Waals surface area contributed by atoms with Crippen molar-refractivity contribution in [3.05, 3.63) is 24.4 Å².